The third-order valence-electron chi connectivity index (χ3n) is 1.67. The minimum Gasteiger partial charge on any atom is -0.466 e. The Balaban J connectivity index is 4.09. The highest BCUT2D eigenvalue weighted by atomic mass is 19.4. The average Bonchev–Trinajstić information content (AvgIpc) is 2.10. The molecule has 0 heterocycles. The molecule has 0 aromatic rings. The van der Waals surface area contributed by atoms with Gasteiger partial charge in [0.25, 0.3) is 0 Å². The SMILES string of the molecule is COC(=O)C(C)=CCN(C)CC(F)(F)F. The van der Waals surface area contributed by atoms with Gasteiger partial charge >= 0.3 is 12.1 Å². The number of carbonyl (C=O) groups excluding carboxylic acids is 1. The highest BCUT2D eigenvalue weighted by Crippen LogP contribution is 2.15. The Bertz CT molecular complexity index is 248. The lowest BCUT2D eigenvalue weighted by molar-refractivity contribution is -0.141. The molecule has 3 nitrogen and oxygen atoms in total. The maximum atomic E-state index is 11.9. The molecule has 0 fully saturated rings. The number of esters is 1. The van der Waals surface area contributed by atoms with E-state index in [1.807, 2.05) is 0 Å². The molecule has 88 valence electrons. The van der Waals surface area contributed by atoms with Crippen molar-refractivity contribution >= 4 is 5.97 Å². The van der Waals surface area contributed by atoms with Crippen molar-refractivity contribution in [3.05, 3.63) is 11.6 Å². The lowest BCUT2D eigenvalue weighted by atomic mass is 10.3. The number of hydrogen-bond acceptors (Lipinski definition) is 3. The van der Waals surface area contributed by atoms with Gasteiger partial charge in [-0.05, 0) is 14.0 Å². The topological polar surface area (TPSA) is 29.5 Å². The molecule has 0 aliphatic carbocycles. The van der Waals surface area contributed by atoms with E-state index >= 15 is 0 Å². The number of nitrogens with zero attached hydrogens (tertiary/aromatic N) is 1. The lowest BCUT2D eigenvalue weighted by Gasteiger charge is -2.16. The van der Waals surface area contributed by atoms with Gasteiger partial charge in [0.1, 0.15) is 0 Å². The van der Waals surface area contributed by atoms with Crippen molar-refractivity contribution < 1.29 is 22.7 Å². The van der Waals surface area contributed by atoms with E-state index in [1.54, 1.807) is 0 Å². The summed E-state index contributed by atoms with van der Waals surface area (Å²) in [6.07, 6.45) is -2.82. The molecule has 0 aromatic carbocycles. The van der Waals surface area contributed by atoms with Gasteiger partial charge in [-0.2, -0.15) is 13.2 Å². The Labute approximate surface area is 86.5 Å². The van der Waals surface area contributed by atoms with Crippen LogP contribution in [-0.2, 0) is 9.53 Å². The van der Waals surface area contributed by atoms with Gasteiger partial charge in [-0.3, -0.25) is 4.90 Å². The lowest BCUT2D eigenvalue weighted by Crippen LogP contribution is -2.31. The van der Waals surface area contributed by atoms with Crippen LogP contribution >= 0.6 is 0 Å². The fraction of sp³-hybridized carbons (Fsp3) is 0.667. The summed E-state index contributed by atoms with van der Waals surface area (Å²) in [7, 11) is 2.55. The van der Waals surface area contributed by atoms with E-state index in [0.717, 1.165) is 4.90 Å². The van der Waals surface area contributed by atoms with Crippen LogP contribution in [0.3, 0.4) is 0 Å². The second kappa shape index (κ2) is 5.75. The summed E-state index contributed by atoms with van der Waals surface area (Å²) in [5.74, 6) is -0.532. The standard InChI is InChI=1S/C9H14F3NO2/c1-7(8(14)15-3)4-5-13(2)6-9(10,11)12/h4H,5-6H2,1-3H3. The molecular weight excluding hydrogens is 211 g/mol. The number of ether oxygens (including phenoxy) is 1. The molecule has 0 saturated heterocycles. The van der Waals surface area contributed by atoms with E-state index < -0.39 is 18.7 Å². The van der Waals surface area contributed by atoms with Crippen LogP contribution in [0.25, 0.3) is 0 Å². The van der Waals surface area contributed by atoms with E-state index in [-0.39, 0.29) is 6.54 Å². The molecule has 0 N–H and O–H groups in total. The zero-order valence-corrected chi connectivity index (χ0v) is 8.89. The zero-order valence-electron chi connectivity index (χ0n) is 8.89. The number of rotatable bonds is 4. The first-order valence-electron chi connectivity index (χ1n) is 4.26. The Hall–Kier alpha value is -1.04. The molecule has 0 amide bonds. The summed E-state index contributed by atoms with van der Waals surface area (Å²) in [6.45, 7) is 0.547. The van der Waals surface area contributed by atoms with Crippen LogP contribution in [0.15, 0.2) is 11.6 Å². The third kappa shape index (κ3) is 6.96. The Morgan fingerprint density at radius 1 is 1.47 bits per heavy atom. The highest BCUT2D eigenvalue weighted by molar-refractivity contribution is 5.87. The summed E-state index contributed by atoms with van der Waals surface area (Å²) < 4.78 is 40.1. The first-order chi connectivity index (χ1) is 6.76. The Kier molecular flexibility index (Phi) is 5.35. The quantitative estimate of drug-likeness (QED) is 0.537. The highest BCUT2D eigenvalue weighted by Gasteiger charge is 2.28. The van der Waals surface area contributed by atoms with Gasteiger partial charge < -0.3 is 4.74 Å². The van der Waals surface area contributed by atoms with Crippen molar-refractivity contribution in [3.8, 4) is 0 Å². The number of hydrogen-bond donors (Lipinski definition) is 0. The van der Waals surface area contributed by atoms with Crippen molar-refractivity contribution in [1.29, 1.82) is 0 Å². The van der Waals surface area contributed by atoms with Crippen LogP contribution in [0.5, 0.6) is 0 Å². The number of carbonyl (C=O) groups is 1. The normalized spacial score (nSPS) is 13.1. The molecular formula is C9H14F3NO2. The summed E-state index contributed by atoms with van der Waals surface area (Å²) >= 11 is 0. The van der Waals surface area contributed by atoms with Crippen molar-refractivity contribution in [2.75, 3.05) is 27.2 Å². The zero-order chi connectivity index (χ0) is 12.1. The predicted molar refractivity (Wildman–Crippen MR) is 49.3 cm³/mol. The fourth-order valence-corrected chi connectivity index (χ4v) is 0.908. The molecule has 0 aromatic heterocycles. The van der Waals surface area contributed by atoms with Crippen LogP contribution in [0.4, 0.5) is 13.2 Å². The molecule has 0 unspecified atom stereocenters. The van der Waals surface area contributed by atoms with Crippen LogP contribution < -0.4 is 0 Å². The summed E-state index contributed by atoms with van der Waals surface area (Å²) in [6, 6.07) is 0. The predicted octanol–water partition coefficient (Wildman–Crippen LogP) is 1.60. The number of alkyl halides is 3. The molecule has 0 aliphatic heterocycles. The van der Waals surface area contributed by atoms with Gasteiger partial charge in [0.2, 0.25) is 0 Å². The molecule has 0 aliphatic rings. The molecule has 0 atom stereocenters. The Morgan fingerprint density at radius 3 is 2.40 bits per heavy atom. The van der Waals surface area contributed by atoms with Crippen LogP contribution in [0, 0.1) is 0 Å². The largest absolute Gasteiger partial charge is 0.466 e. The fourth-order valence-electron chi connectivity index (χ4n) is 0.908. The number of halogens is 3. The third-order valence-corrected chi connectivity index (χ3v) is 1.67. The molecule has 0 spiro atoms. The first-order valence-corrected chi connectivity index (χ1v) is 4.26. The second-order valence-corrected chi connectivity index (χ2v) is 3.19. The molecule has 0 rings (SSSR count). The second-order valence-electron chi connectivity index (χ2n) is 3.19. The summed E-state index contributed by atoms with van der Waals surface area (Å²) in [5, 5.41) is 0. The molecule has 0 radical (unpaired) electrons. The summed E-state index contributed by atoms with van der Waals surface area (Å²) in [4.78, 5) is 11.9. The first kappa shape index (κ1) is 14.0. The van der Waals surface area contributed by atoms with E-state index in [2.05, 4.69) is 4.74 Å². The summed E-state index contributed by atoms with van der Waals surface area (Å²) in [5.41, 5.74) is 0.298. The van der Waals surface area contributed by atoms with Gasteiger partial charge in [0, 0.05) is 12.1 Å². The van der Waals surface area contributed by atoms with Gasteiger partial charge in [-0.15, -0.1) is 0 Å². The van der Waals surface area contributed by atoms with E-state index in [4.69, 9.17) is 0 Å². The average molecular weight is 225 g/mol. The van der Waals surface area contributed by atoms with E-state index in [9.17, 15) is 18.0 Å². The number of likely N-dealkylation sites (N-methyl/N-ethyl adjacent to an activating group) is 1. The monoisotopic (exact) mass is 225 g/mol. The molecule has 6 heteroatoms. The van der Waals surface area contributed by atoms with Crippen molar-refractivity contribution in [1.82, 2.24) is 4.90 Å². The van der Waals surface area contributed by atoms with E-state index in [0.29, 0.717) is 5.57 Å². The van der Waals surface area contributed by atoms with E-state index in [1.165, 1.54) is 27.2 Å². The number of methoxy groups -OCH3 is 1. The molecule has 0 saturated carbocycles. The maximum Gasteiger partial charge on any atom is 0.401 e. The van der Waals surface area contributed by atoms with Crippen LogP contribution in [-0.4, -0.2) is 44.3 Å². The van der Waals surface area contributed by atoms with Gasteiger partial charge in [-0.25, -0.2) is 4.79 Å². The van der Waals surface area contributed by atoms with Crippen LogP contribution in [0.2, 0.25) is 0 Å². The van der Waals surface area contributed by atoms with Crippen molar-refractivity contribution in [3.63, 3.8) is 0 Å². The Morgan fingerprint density at radius 2 is 2.00 bits per heavy atom. The molecule has 0 bridgehead atoms. The van der Waals surface area contributed by atoms with Crippen molar-refractivity contribution in [2.45, 2.75) is 13.1 Å². The van der Waals surface area contributed by atoms with Gasteiger partial charge in [0.05, 0.1) is 13.7 Å². The van der Waals surface area contributed by atoms with Crippen molar-refractivity contribution in [2.24, 2.45) is 0 Å². The minimum atomic E-state index is -4.22. The minimum absolute atomic E-state index is 0.0560. The smallest absolute Gasteiger partial charge is 0.401 e. The van der Waals surface area contributed by atoms with Gasteiger partial charge in [-0.1, -0.05) is 6.08 Å². The maximum absolute atomic E-state index is 11.9. The van der Waals surface area contributed by atoms with Gasteiger partial charge in [0.15, 0.2) is 0 Å². The molecule has 15 heavy (non-hydrogen) atoms. The van der Waals surface area contributed by atoms with Crippen LogP contribution in [0.1, 0.15) is 6.92 Å².